The average Bonchev–Trinajstić information content (AvgIpc) is 2.47. The maximum absolute atomic E-state index is 13.4. The van der Waals surface area contributed by atoms with E-state index >= 15 is 0 Å². The maximum atomic E-state index is 13.4. The van der Waals surface area contributed by atoms with Crippen molar-refractivity contribution in [3.8, 4) is 0 Å². The lowest BCUT2D eigenvalue weighted by atomic mass is 9.94. The third kappa shape index (κ3) is 2.98. The molecule has 7 heteroatoms. The fourth-order valence-corrected chi connectivity index (χ4v) is 2.18. The summed E-state index contributed by atoms with van der Waals surface area (Å²) in [6.45, 7) is 2.09. The molecule has 1 amide bonds. The second-order valence-electron chi connectivity index (χ2n) is 4.83. The summed E-state index contributed by atoms with van der Waals surface area (Å²) in [6.07, 6.45) is 4.51. The van der Waals surface area contributed by atoms with Crippen LogP contribution in [0.4, 0.5) is 14.9 Å². The number of carbonyl (C=O) groups excluding carboxylic acids is 1. The van der Waals surface area contributed by atoms with Crippen LogP contribution in [0.3, 0.4) is 0 Å². The van der Waals surface area contributed by atoms with E-state index < -0.39 is 17.8 Å². The van der Waals surface area contributed by atoms with Crippen molar-refractivity contribution in [3.63, 3.8) is 0 Å². The van der Waals surface area contributed by atoms with Gasteiger partial charge in [0.25, 0.3) is 5.56 Å². The molecule has 6 nitrogen and oxygen atoms in total. The monoisotopic (exact) mass is 304 g/mol. The Balaban J connectivity index is 2.47. The lowest BCUT2D eigenvalue weighted by molar-refractivity contribution is 0.242. The molecule has 0 saturated heterocycles. The number of halogens is 1. The molecule has 116 valence electrons. The second-order valence-corrected chi connectivity index (χ2v) is 4.83. The Bertz CT molecular complexity index is 734. The number of nitrogens with two attached hydrogens (primary N) is 1. The summed E-state index contributed by atoms with van der Waals surface area (Å²) in [5.41, 5.74) is 5.29. The molecule has 1 aromatic rings. The highest BCUT2D eigenvalue weighted by Gasteiger charge is 2.21. The first-order valence-corrected chi connectivity index (χ1v) is 6.85. The molecule has 0 aromatic carbocycles. The van der Waals surface area contributed by atoms with Gasteiger partial charge in [-0.3, -0.25) is 10.2 Å². The van der Waals surface area contributed by atoms with Gasteiger partial charge in [-0.25, -0.2) is 13.8 Å². The normalized spacial score (nSPS) is 17.0. The molecule has 1 aliphatic rings. The number of rotatable bonds is 3. The number of aromatic nitrogens is 1. The molecule has 4 N–H and O–H groups in total. The van der Waals surface area contributed by atoms with Crippen molar-refractivity contribution in [1.82, 2.24) is 9.88 Å². The highest BCUT2D eigenvalue weighted by molar-refractivity contribution is 6.13. The van der Waals surface area contributed by atoms with Crippen LogP contribution in [0.5, 0.6) is 0 Å². The first-order valence-electron chi connectivity index (χ1n) is 6.85. The largest absolute Gasteiger partial charge is 0.398 e. The Hall–Kier alpha value is -2.70. The zero-order valence-electron chi connectivity index (χ0n) is 12.1. The fraction of sp³-hybridized carbons (Fsp3) is 0.267. The number of pyridine rings is 1. The zero-order valence-corrected chi connectivity index (χ0v) is 12.1. The van der Waals surface area contributed by atoms with Gasteiger partial charge in [0, 0.05) is 24.8 Å². The maximum Gasteiger partial charge on any atom is 0.328 e. The van der Waals surface area contributed by atoms with Gasteiger partial charge in [-0.2, -0.15) is 0 Å². The second kappa shape index (κ2) is 6.38. The van der Waals surface area contributed by atoms with E-state index in [1.165, 1.54) is 24.4 Å². The summed E-state index contributed by atoms with van der Waals surface area (Å²) in [5, 5.41) is 10.6. The summed E-state index contributed by atoms with van der Waals surface area (Å²) >= 11 is 0. The van der Waals surface area contributed by atoms with Crippen LogP contribution in [0.2, 0.25) is 0 Å². The van der Waals surface area contributed by atoms with Gasteiger partial charge in [0.05, 0.1) is 11.3 Å². The van der Waals surface area contributed by atoms with Crippen LogP contribution in [0.15, 0.2) is 40.9 Å². The van der Waals surface area contributed by atoms with Crippen molar-refractivity contribution in [1.29, 1.82) is 5.41 Å². The van der Waals surface area contributed by atoms with Crippen LogP contribution in [-0.4, -0.2) is 29.0 Å². The van der Waals surface area contributed by atoms with Gasteiger partial charge in [-0.15, -0.1) is 0 Å². The number of alkyl halides is 1. The van der Waals surface area contributed by atoms with Crippen LogP contribution in [0, 0.1) is 5.41 Å². The van der Waals surface area contributed by atoms with Crippen molar-refractivity contribution in [2.45, 2.75) is 19.5 Å². The molecule has 1 atom stereocenters. The van der Waals surface area contributed by atoms with E-state index in [1.54, 1.807) is 13.0 Å². The third-order valence-corrected chi connectivity index (χ3v) is 3.27. The first-order chi connectivity index (χ1) is 10.5. The Morgan fingerprint density at radius 1 is 1.59 bits per heavy atom. The number of nitrogens with zero attached hydrogens (tertiary/aromatic N) is 1. The van der Waals surface area contributed by atoms with Crippen LogP contribution in [0.1, 0.15) is 18.9 Å². The van der Waals surface area contributed by atoms with Crippen molar-refractivity contribution in [2.75, 3.05) is 12.3 Å². The Morgan fingerprint density at radius 2 is 2.32 bits per heavy atom. The number of hydrogen-bond donors (Lipinski definition) is 3. The molecule has 0 aliphatic heterocycles. The summed E-state index contributed by atoms with van der Waals surface area (Å²) in [4.78, 5) is 24.2. The third-order valence-electron chi connectivity index (χ3n) is 3.27. The summed E-state index contributed by atoms with van der Waals surface area (Å²) < 4.78 is 14.3. The number of nitrogen functional groups attached to an aromatic ring is 1. The quantitative estimate of drug-likeness (QED) is 0.739. The van der Waals surface area contributed by atoms with Crippen LogP contribution < -0.4 is 16.6 Å². The number of allylic oxidation sites excluding steroid dienone is 4. The minimum atomic E-state index is -1.20. The molecule has 0 spiro atoms. The molecule has 1 aliphatic carbocycles. The summed E-state index contributed by atoms with van der Waals surface area (Å²) in [7, 11) is 0. The molecule has 0 saturated carbocycles. The molecule has 2 rings (SSSR count). The SMILES string of the molecule is CCNC(=O)n1ccc(N)c(C(=N)C2=CC=CC(F)C2)c1=O. The van der Waals surface area contributed by atoms with Crippen LogP contribution in [0.25, 0.3) is 0 Å². The highest BCUT2D eigenvalue weighted by Crippen LogP contribution is 2.20. The molecule has 0 fully saturated rings. The Kier molecular flexibility index (Phi) is 4.55. The molecule has 0 radical (unpaired) electrons. The first kappa shape index (κ1) is 15.7. The molecule has 1 heterocycles. The van der Waals surface area contributed by atoms with Gasteiger partial charge in [0.15, 0.2) is 0 Å². The number of amides is 1. The van der Waals surface area contributed by atoms with E-state index in [0.717, 1.165) is 4.57 Å². The number of carbonyl (C=O) groups is 1. The van der Waals surface area contributed by atoms with Crippen molar-refractivity contribution in [3.05, 3.63) is 52.0 Å². The van der Waals surface area contributed by atoms with E-state index in [-0.39, 0.29) is 23.4 Å². The van der Waals surface area contributed by atoms with Gasteiger partial charge in [-0.1, -0.05) is 18.2 Å². The van der Waals surface area contributed by atoms with Gasteiger partial charge in [0.2, 0.25) is 0 Å². The summed E-state index contributed by atoms with van der Waals surface area (Å²) in [5.74, 6) is 0. The van der Waals surface area contributed by atoms with E-state index in [1.807, 2.05) is 0 Å². The van der Waals surface area contributed by atoms with Gasteiger partial charge >= 0.3 is 6.03 Å². The minimum Gasteiger partial charge on any atom is -0.398 e. The number of nitrogens with one attached hydrogen (secondary N) is 2. The van der Waals surface area contributed by atoms with Crippen molar-refractivity contribution in [2.24, 2.45) is 0 Å². The summed E-state index contributed by atoms with van der Waals surface area (Å²) in [6, 6.07) is 0.787. The molecule has 0 bridgehead atoms. The molecular weight excluding hydrogens is 287 g/mol. The van der Waals surface area contributed by atoms with Crippen LogP contribution >= 0.6 is 0 Å². The van der Waals surface area contributed by atoms with Gasteiger partial charge in [-0.05, 0) is 18.6 Å². The fourth-order valence-electron chi connectivity index (χ4n) is 2.18. The van der Waals surface area contributed by atoms with Crippen molar-refractivity contribution >= 4 is 17.4 Å². The molecular formula is C15H17FN4O2. The van der Waals surface area contributed by atoms with E-state index in [0.29, 0.717) is 12.1 Å². The predicted octanol–water partition coefficient (Wildman–Crippen LogP) is 1.60. The molecule has 22 heavy (non-hydrogen) atoms. The topological polar surface area (TPSA) is 101 Å². The lowest BCUT2D eigenvalue weighted by Crippen LogP contribution is -2.38. The Labute approximate surface area is 126 Å². The standard InChI is InChI=1S/C15H17FN4O2/c1-2-19-15(22)20-7-6-11(17)12(14(20)21)13(18)9-4-3-5-10(16)8-9/h3-7,10,18H,2,8,17H2,1H3,(H,19,22). The molecule has 1 aromatic heterocycles. The van der Waals surface area contributed by atoms with Crippen LogP contribution in [-0.2, 0) is 0 Å². The van der Waals surface area contributed by atoms with Crippen molar-refractivity contribution < 1.29 is 9.18 Å². The highest BCUT2D eigenvalue weighted by atomic mass is 19.1. The number of hydrogen-bond acceptors (Lipinski definition) is 4. The molecule has 1 unspecified atom stereocenters. The average molecular weight is 304 g/mol. The van der Waals surface area contributed by atoms with Gasteiger partial charge < -0.3 is 11.1 Å². The number of anilines is 1. The zero-order chi connectivity index (χ0) is 16.3. The Morgan fingerprint density at radius 3 is 2.95 bits per heavy atom. The predicted molar refractivity (Wildman–Crippen MR) is 83.1 cm³/mol. The van der Waals surface area contributed by atoms with Gasteiger partial charge in [0.1, 0.15) is 6.17 Å². The van der Waals surface area contributed by atoms with E-state index in [4.69, 9.17) is 11.1 Å². The minimum absolute atomic E-state index is 0.00423. The smallest absolute Gasteiger partial charge is 0.328 e. The lowest BCUT2D eigenvalue weighted by Gasteiger charge is -2.15. The van der Waals surface area contributed by atoms with E-state index in [2.05, 4.69) is 5.32 Å². The van der Waals surface area contributed by atoms with E-state index in [9.17, 15) is 14.0 Å².